The lowest BCUT2D eigenvalue weighted by atomic mass is 10.3. The van der Waals surface area contributed by atoms with Crippen LogP contribution in [-0.4, -0.2) is 35.6 Å². The minimum absolute atomic E-state index is 0.0300. The topological polar surface area (TPSA) is 87.2 Å². The number of hydrogen-bond donors (Lipinski definition) is 1. The van der Waals surface area contributed by atoms with E-state index in [-0.39, 0.29) is 17.6 Å². The standard InChI is InChI=1S/C14H21N3O3S/c1-4-21(18,19)9-8-17-11-6-5-7-12(20-10(2)3)13(11)16-14(17)15/h5-7,10H,4,8-9H2,1-3H3,(H2,15,16). The Bertz CT molecular complexity index is 735. The second kappa shape index (κ2) is 5.93. The van der Waals surface area contributed by atoms with E-state index < -0.39 is 9.84 Å². The molecule has 0 aliphatic carbocycles. The number of sulfone groups is 1. The average Bonchev–Trinajstić information content (AvgIpc) is 2.73. The van der Waals surface area contributed by atoms with Crippen LogP contribution in [0.4, 0.5) is 5.95 Å². The average molecular weight is 311 g/mol. The molecule has 2 N–H and O–H groups in total. The molecule has 1 aromatic heterocycles. The Morgan fingerprint density at radius 2 is 2.10 bits per heavy atom. The SMILES string of the molecule is CCS(=O)(=O)CCn1c(N)nc2c(OC(C)C)cccc21. The fourth-order valence-corrected chi connectivity index (χ4v) is 2.85. The first-order valence-corrected chi connectivity index (χ1v) is 8.78. The van der Waals surface area contributed by atoms with Crippen LogP contribution in [0.25, 0.3) is 11.0 Å². The molecule has 0 aliphatic heterocycles. The summed E-state index contributed by atoms with van der Waals surface area (Å²) in [5.41, 5.74) is 7.38. The smallest absolute Gasteiger partial charge is 0.201 e. The van der Waals surface area contributed by atoms with Crippen molar-refractivity contribution in [1.29, 1.82) is 0 Å². The van der Waals surface area contributed by atoms with Crippen LogP contribution in [0, 0.1) is 0 Å². The number of anilines is 1. The van der Waals surface area contributed by atoms with Gasteiger partial charge >= 0.3 is 0 Å². The minimum atomic E-state index is -3.05. The Morgan fingerprint density at radius 3 is 2.71 bits per heavy atom. The molecule has 0 unspecified atom stereocenters. The van der Waals surface area contributed by atoms with Gasteiger partial charge in [0.2, 0.25) is 5.95 Å². The highest BCUT2D eigenvalue weighted by Crippen LogP contribution is 2.27. The van der Waals surface area contributed by atoms with Gasteiger partial charge < -0.3 is 15.0 Å². The lowest BCUT2D eigenvalue weighted by Crippen LogP contribution is -2.15. The number of nitrogens with two attached hydrogens (primary N) is 1. The van der Waals surface area contributed by atoms with Crippen molar-refractivity contribution in [2.75, 3.05) is 17.2 Å². The normalized spacial score (nSPS) is 12.2. The molecule has 0 bridgehead atoms. The van der Waals surface area contributed by atoms with Gasteiger partial charge in [-0.1, -0.05) is 13.0 Å². The highest BCUT2D eigenvalue weighted by molar-refractivity contribution is 7.91. The van der Waals surface area contributed by atoms with Crippen LogP contribution in [0.1, 0.15) is 20.8 Å². The molecule has 0 amide bonds. The van der Waals surface area contributed by atoms with E-state index in [0.717, 1.165) is 5.52 Å². The zero-order chi connectivity index (χ0) is 15.6. The van der Waals surface area contributed by atoms with Gasteiger partial charge in [-0.15, -0.1) is 0 Å². The number of ether oxygens (including phenoxy) is 1. The van der Waals surface area contributed by atoms with E-state index in [1.54, 1.807) is 11.5 Å². The van der Waals surface area contributed by atoms with Gasteiger partial charge in [0.1, 0.15) is 11.3 Å². The monoisotopic (exact) mass is 311 g/mol. The number of benzene rings is 1. The van der Waals surface area contributed by atoms with Gasteiger partial charge in [0.05, 0.1) is 17.4 Å². The Balaban J connectivity index is 2.39. The van der Waals surface area contributed by atoms with Crippen molar-refractivity contribution in [3.05, 3.63) is 18.2 Å². The molecule has 21 heavy (non-hydrogen) atoms. The van der Waals surface area contributed by atoms with E-state index in [4.69, 9.17) is 10.5 Å². The molecule has 0 radical (unpaired) electrons. The van der Waals surface area contributed by atoms with E-state index in [0.29, 0.717) is 23.8 Å². The fraction of sp³-hybridized carbons (Fsp3) is 0.500. The van der Waals surface area contributed by atoms with Gasteiger partial charge in [0, 0.05) is 12.3 Å². The summed E-state index contributed by atoms with van der Waals surface area (Å²) in [6.07, 6.45) is 0.0300. The molecule has 1 heterocycles. The fourth-order valence-electron chi connectivity index (χ4n) is 2.10. The summed E-state index contributed by atoms with van der Waals surface area (Å²) in [4.78, 5) is 4.31. The number of aromatic nitrogens is 2. The first kappa shape index (κ1) is 15.6. The van der Waals surface area contributed by atoms with Gasteiger partial charge in [-0.25, -0.2) is 13.4 Å². The summed E-state index contributed by atoms with van der Waals surface area (Å²) in [6, 6.07) is 5.55. The Kier molecular flexibility index (Phi) is 4.41. The van der Waals surface area contributed by atoms with Crippen molar-refractivity contribution in [1.82, 2.24) is 9.55 Å². The summed E-state index contributed by atoms with van der Waals surface area (Å²) in [5.74, 6) is 1.14. The second-order valence-electron chi connectivity index (χ2n) is 5.15. The summed E-state index contributed by atoms with van der Waals surface area (Å²) < 4.78 is 30.7. The lowest BCUT2D eigenvalue weighted by molar-refractivity contribution is 0.245. The van der Waals surface area contributed by atoms with Gasteiger partial charge in [-0.05, 0) is 26.0 Å². The highest BCUT2D eigenvalue weighted by atomic mass is 32.2. The maximum absolute atomic E-state index is 11.7. The van der Waals surface area contributed by atoms with Crippen LogP contribution in [0.5, 0.6) is 5.75 Å². The predicted molar refractivity (Wildman–Crippen MR) is 84.2 cm³/mol. The molecule has 2 rings (SSSR count). The molecule has 7 heteroatoms. The molecular formula is C14H21N3O3S. The van der Waals surface area contributed by atoms with Crippen molar-refractivity contribution in [3.63, 3.8) is 0 Å². The van der Waals surface area contributed by atoms with Crippen LogP contribution in [-0.2, 0) is 16.4 Å². The van der Waals surface area contributed by atoms with Crippen LogP contribution in [0.15, 0.2) is 18.2 Å². The Hall–Kier alpha value is -1.76. The number of fused-ring (bicyclic) bond motifs is 1. The van der Waals surface area contributed by atoms with Gasteiger partial charge in [0.25, 0.3) is 0 Å². The van der Waals surface area contributed by atoms with E-state index in [1.165, 1.54) is 0 Å². The van der Waals surface area contributed by atoms with Crippen LogP contribution >= 0.6 is 0 Å². The second-order valence-corrected chi connectivity index (χ2v) is 7.62. The van der Waals surface area contributed by atoms with E-state index in [9.17, 15) is 8.42 Å². The zero-order valence-electron chi connectivity index (χ0n) is 12.5. The maximum atomic E-state index is 11.7. The van der Waals surface area contributed by atoms with Gasteiger partial charge in [-0.2, -0.15) is 0 Å². The number of hydrogen-bond acceptors (Lipinski definition) is 5. The molecule has 0 aliphatic rings. The summed E-state index contributed by atoms with van der Waals surface area (Å²) >= 11 is 0. The number of imidazole rings is 1. The van der Waals surface area contributed by atoms with Crippen molar-refractivity contribution >= 4 is 26.8 Å². The number of rotatable bonds is 6. The van der Waals surface area contributed by atoms with Crippen molar-refractivity contribution in [2.24, 2.45) is 0 Å². The number of aryl methyl sites for hydroxylation is 1. The maximum Gasteiger partial charge on any atom is 0.201 e. The Morgan fingerprint density at radius 1 is 1.38 bits per heavy atom. The first-order valence-electron chi connectivity index (χ1n) is 6.96. The van der Waals surface area contributed by atoms with Crippen LogP contribution in [0.3, 0.4) is 0 Å². The quantitative estimate of drug-likeness (QED) is 0.879. The van der Waals surface area contributed by atoms with Crippen molar-refractivity contribution in [2.45, 2.75) is 33.4 Å². The molecule has 1 aromatic carbocycles. The molecule has 0 spiro atoms. The zero-order valence-corrected chi connectivity index (χ0v) is 13.4. The molecule has 2 aromatic rings. The Labute approximate surface area is 124 Å². The lowest BCUT2D eigenvalue weighted by Gasteiger charge is -2.10. The van der Waals surface area contributed by atoms with Crippen molar-refractivity contribution < 1.29 is 13.2 Å². The number of nitrogen functional groups attached to an aromatic ring is 1. The molecule has 6 nitrogen and oxygen atoms in total. The molecule has 0 saturated heterocycles. The third-order valence-electron chi connectivity index (χ3n) is 3.20. The molecular weight excluding hydrogens is 290 g/mol. The van der Waals surface area contributed by atoms with Gasteiger partial charge in [-0.3, -0.25) is 0 Å². The number of para-hydroxylation sites is 1. The van der Waals surface area contributed by atoms with Crippen molar-refractivity contribution in [3.8, 4) is 5.75 Å². The molecule has 0 fully saturated rings. The number of nitrogens with zero attached hydrogens (tertiary/aromatic N) is 2. The van der Waals surface area contributed by atoms with E-state index >= 15 is 0 Å². The molecule has 0 atom stereocenters. The minimum Gasteiger partial charge on any atom is -0.489 e. The van der Waals surface area contributed by atoms with Crippen LogP contribution in [0.2, 0.25) is 0 Å². The molecule has 0 saturated carbocycles. The predicted octanol–water partition coefficient (Wildman–Crippen LogP) is 1.84. The van der Waals surface area contributed by atoms with E-state index in [1.807, 2.05) is 32.0 Å². The summed E-state index contributed by atoms with van der Waals surface area (Å²) in [7, 11) is -3.05. The summed E-state index contributed by atoms with van der Waals surface area (Å²) in [5, 5.41) is 0. The largest absolute Gasteiger partial charge is 0.489 e. The molecule has 116 valence electrons. The third-order valence-corrected chi connectivity index (χ3v) is 4.88. The highest BCUT2D eigenvalue weighted by Gasteiger charge is 2.15. The first-order chi connectivity index (χ1) is 9.84. The van der Waals surface area contributed by atoms with Gasteiger partial charge in [0.15, 0.2) is 9.84 Å². The van der Waals surface area contributed by atoms with E-state index in [2.05, 4.69) is 4.98 Å². The van der Waals surface area contributed by atoms with Crippen LogP contribution < -0.4 is 10.5 Å². The summed E-state index contributed by atoms with van der Waals surface area (Å²) in [6.45, 7) is 5.81. The third kappa shape index (κ3) is 3.47.